The SMILES string of the molecule is O=C(C[C@H]1C=CS(=O)(=O)C1)N1CC(Oc2ccccc2Cl)C1. The van der Waals surface area contributed by atoms with Crippen molar-refractivity contribution in [2.75, 3.05) is 18.8 Å². The first-order valence-electron chi connectivity index (χ1n) is 7.03. The number of ether oxygens (including phenoxy) is 1. The van der Waals surface area contributed by atoms with Gasteiger partial charge in [-0.1, -0.05) is 29.8 Å². The van der Waals surface area contributed by atoms with Crippen LogP contribution in [0.3, 0.4) is 0 Å². The van der Waals surface area contributed by atoms with Gasteiger partial charge in [-0.2, -0.15) is 0 Å². The first-order chi connectivity index (χ1) is 10.4. The number of amides is 1. The summed E-state index contributed by atoms with van der Waals surface area (Å²) >= 11 is 6.02. The van der Waals surface area contributed by atoms with Crippen molar-refractivity contribution in [1.29, 1.82) is 0 Å². The number of benzene rings is 1. The lowest BCUT2D eigenvalue weighted by Crippen LogP contribution is -2.56. The summed E-state index contributed by atoms with van der Waals surface area (Å²) in [5.74, 6) is 0.407. The Morgan fingerprint density at radius 3 is 2.68 bits per heavy atom. The van der Waals surface area contributed by atoms with Gasteiger partial charge in [0.1, 0.15) is 11.9 Å². The molecule has 1 amide bonds. The van der Waals surface area contributed by atoms with E-state index < -0.39 is 9.84 Å². The first kappa shape index (κ1) is 15.4. The van der Waals surface area contributed by atoms with E-state index in [-0.39, 0.29) is 30.1 Å². The number of hydrogen-bond acceptors (Lipinski definition) is 4. The van der Waals surface area contributed by atoms with Gasteiger partial charge in [0.25, 0.3) is 0 Å². The second-order valence-electron chi connectivity index (χ2n) is 5.59. The van der Waals surface area contributed by atoms with E-state index in [9.17, 15) is 13.2 Å². The number of hydrogen-bond donors (Lipinski definition) is 0. The summed E-state index contributed by atoms with van der Waals surface area (Å²) < 4.78 is 28.4. The van der Waals surface area contributed by atoms with Gasteiger partial charge in [-0.15, -0.1) is 0 Å². The third-order valence-corrected chi connectivity index (χ3v) is 5.55. The summed E-state index contributed by atoms with van der Waals surface area (Å²) in [4.78, 5) is 13.8. The van der Waals surface area contributed by atoms with Crippen molar-refractivity contribution >= 4 is 27.3 Å². The van der Waals surface area contributed by atoms with Crippen molar-refractivity contribution in [3.63, 3.8) is 0 Å². The molecule has 0 bridgehead atoms. The first-order valence-corrected chi connectivity index (χ1v) is 9.12. The van der Waals surface area contributed by atoms with Crippen molar-refractivity contribution in [2.24, 2.45) is 5.92 Å². The van der Waals surface area contributed by atoms with Crippen LogP contribution < -0.4 is 4.74 Å². The van der Waals surface area contributed by atoms with Crippen LogP contribution in [0.25, 0.3) is 0 Å². The smallest absolute Gasteiger partial charge is 0.223 e. The Hall–Kier alpha value is -1.53. The highest BCUT2D eigenvalue weighted by Crippen LogP contribution is 2.27. The average molecular weight is 342 g/mol. The molecule has 1 saturated heterocycles. The predicted molar refractivity (Wildman–Crippen MR) is 83.5 cm³/mol. The van der Waals surface area contributed by atoms with Gasteiger partial charge in [0.2, 0.25) is 5.91 Å². The van der Waals surface area contributed by atoms with Gasteiger partial charge in [-0.05, 0) is 12.1 Å². The molecule has 0 aromatic heterocycles. The Morgan fingerprint density at radius 1 is 1.32 bits per heavy atom. The molecule has 0 saturated carbocycles. The summed E-state index contributed by atoms with van der Waals surface area (Å²) in [5, 5.41) is 1.75. The Kier molecular flexibility index (Phi) is 4.14. The van der Waals surface area contributed by atoms with E-state index in [1.54, 1.807) is 23.1 Å². The van der Waals surface area contributed by atoms with Crippen molar-refractivity contribution in [3.8, 4) is 5.75 Å². The third kappa shape index (κ3) is 3.44. The predicted octanol–water partition coefficient (Wildman–Crippen LogP) is 1.88. The van der Waals surface area contributed by atoms with Gasteiger partial charge in [-0.25, -0.2) is 8.42 Å². The molecule has 0 aliphatic carbocycles. The molecule has 0 N–H and O–H groups in total. The molecule has 5 nitrogen and oxygen atoms in total. The van der Waals surface area contributed by atoms with Crippen LogP contribution >= 0.6 is 11.6 Å². The number of halogens is 1. The van der Waals surface area contributed by atoms with E-state index in [4.69, 9.17) is 16.3 Å². The Labute approximate surface area is 134 Å². The van der Waals surface area contributed by atoms with E-state index in [0.29, 0.717) is 23.9 Å². The summed E-state index contributed by atoms with van der Waals surface area (Å²) in [6, 6.07) is 7.22. The quantitative estimate of drug-likeness (QED) is 0.838. The second kappa shape index (κ2) is 5.93. The Morgan fingerprint density at radius 2 is 2.05 bits per heavy atom. The lowest BCUT2D eigenvalue weighted by Gasteiger charge is -2.39. The lowest BCUT2D eigenvalue weighted by molar-refractivity contribution is -0.140. The number of carbonyl (C=O) groups excluding carboxylic acids is 1. The maximum Gasteiger partial charge on any atom is 0.223 e. The van der Waals surface area contributed by atoms with Gasteiger partial charge < -0.3 is 9.64 Å². The van der Waals surface area contributed by atoms with Crippen LogP contribution in [0.5, 0.6) is 5.75 Å². The van der Waals surface area contributed by atoms with Crippen molar-refractivity contribution < 1.29 is 17.9 Å². The zero-order chi connectivity index (χ0) is 15.7. The van der Waals surface area contributed by atoms with E-state index in [2.05, 4.69) is 0 Å². The Bertz CT molecular complexity index is 710. The summed E-state index contributed by atoms with van der Waals surface area (Å²) in [6.07, 6.45) is 1.77. The number of allylic oxidation sites excluding steroid dienone is 1. The molecule has 2 aliphatic heterocycles. The number of para-hydroxylation sites is 1. The molecule has 2 heterocycles. The minimum absolute atomic E-state index is 0.0339. The fourth-order valence-electron chi connectivity index (χ4n) is 2.56. The minimum atomic E-state index is -3.10. The average Bonchev–Trinajstić information content (AvgIpc) is 2.74. The van der Waals surface area contributed by atoms with Crippen LogP contribution in [0.1, 0.15) is 6.42 Å². The fraction of sp³-hybridized carbons (Fsp3) is 0.400. The van der Waals surface area contributed by atoms with Gasteiger partial charge in [0.15, 0.2) is 9.84 Å². The highest BCUT2D eigenvalue weighted by Gasteiger charge is 2.34. The van der Waals surface area contributed by atoms with Gasteiger partial charge in [-0.3, -0.25) is 4.79 Å². The highest BCUT2D eigenvalue weighted by atomic mass is 35.5. The molecule has 7 heteroatoms. The number of rotatable bonds is 4. The van der Waals surface area contributed by atoms with Gasteiger partial charge in [0.05, 0.1) is 23.9 Å². The molecule has 3 rings (SSSR count). The zero-order valence-corrected chi connectivity index (χ0v) is 13.4. The molecule has 118 valence electrons. The molecular weight excluding hydrogens is 326 g/mol. The number of sulfone groups is 1. The zero-order valence-electron chi connectivity index (χ0n) is 11.8. The third-order valence-electron chi connectivity index (χ3n) is 3.77. The van der Waals surface area contributed by atoms with Gasteiger partial charge in [0, 0.05) is 17.7 Å². The monoisotopic (exact) mass is 341 g/mol. The highest BCUT2D eigenvalue weighted by molar-refractivity contribution is 7.94. The maximum atomic E-state index is 12.1. The number of likely N-dealkylation sites (tertiary alicyclic amines) is 1. The van der Waals surface area contributed by atoms with Crippen LogP contribution in [-0.4, -0.2) is 44.2 Å². The van der Waals surface area contributed by atoms with Crippen molar-refractivity contribution in [2.45, 2.75) is 12.5 Å². The number of nitrogens with zero attached hydrogens (tertiary/aromatic N) is 1. The molecule has 0 unspecified atom stereocenters. The van der Waals surface area contributed by atoms with Gasteiger partial charge >= 0.3 is 0 Å². The lowest BCUT2D eigenvalue weighted by atomic mass is 10.0. The minimum Gasteiger partial charge on any atom is -0.485 e. The molecule has 0 spiro atoms. The van der Waals surface area contributed by atoms with E-state index in [1.165, 1.54) is 5.41 Å². The normalized spacial score (nSPS) is 23.3. The fourth-order valence-corrected chi connectivity index (χ4v) is 4.14. The van der Waals surface area contributed by atoms with Crippen LogP contribution in [0.2, 0.25) is 5.02 Å². The molecule has 1 aromatic rings. The molecule has 1 atom stereocenters. The van der Waals surface area contributed by atoms with Crippen LogP contribution in [0, 0.1) is 5.92 Å². The summed E-state index contributed by atoms with van der Waals surface area (Å²) in [5.41, 5.74) is 0. The standard InChI is InChI=1S/C15H16ClNO4S/c16-13-3-1-2-4-14(13)21-12-8-17(9-12)15(18)7-11-5-6-22(19,20)10-11/h1-6,11-12H,7-10H2/t11-/m1/s1. The van der Waals surface area contributed by atoms with Crippen LogP contribution in [0.15, 0.2) is 35.7 Å². The van der Waals surface area contributed by atoms with E-state index >= 15 is 0 Å². The van der Waals surface area contributed by atoms with E-state index in [0.717, 1.165) is 0 Å². The molecule has 1 fully saturated rings. The summed E-state index contributed by atoms with van der Waals surface area (Å²) in [7, 11) is -3.10. The second-order valence-corrected chi connectivity index (χ2v) is 7.93. The maximum absolute atomic E-state index is 12.1. The van der Waals surface area contributed by atoms with Crippen LogP contribution in [0.4, 0.5) is 0 Å². The summed E-state index contributed by atoms with van der Waals surface area (Å²) in [6.45, 7) is 1.01. The van der Waals surface area contributed by atoms with Crippen molar-refractivity contribution in [3.05, 3.63) is 40.8 Å². The topological polar surface area (TPSA) is 63.7 Å². The number of carbonyl (C=O) groups is 1. The molecule has 22 heavy (non-hydrogen) atoms. The molecule has 1 aromatic carbocycles. The van der Waals surface area contributed by atoms with E-state index in [1.807, 2.05) is 12.1 Å². The molecule has 0 radical (unpaired) electrons. The molecular formula is C15H16ClNO4S. The largest absolute Gasteiger partial charge is 0.485 e. The molecule has 2 aliphatic rings. The van der Waals surface area contributed by atoms with Crippen LogP contribution in [-0.2, 0) is 14.6 Å². The van der Waals surface area contributed by atoms with Crippen molar-refractivity contribution in [1.82, 2.24) is 4.90 Å². The Balaban J connectivity index is 1.46.